The van der Waals surface area contributed by atoms with E-state index in [2.05, 4.69) is 0 Å². The first-order valence-electron chi connectivity index (χ1n) is 4.33. The number of halogens is 1. The molecule has 0 aromatic rings. The van der Waals surface area contributed by atoms with Crippen molar-refractivity contribution in [3.8, 4) is 0 Å². The average Bonchev–Trinajstić information content (AvgIpc) is 2.17. The van der Waals surface area contributed by atoms with Gasteiger partial charge in [0.15, 0.2) is 0 Å². The molecule has 0 aliphatic heterocycles. The van der Waals surface area contributed by atoms with Crippen LogP contribution >= 0.6 is 0 Å². The van der Waals surface area contributed by atoms with Gasteiger partial charge in [-0.25, -0.2) is 4.39 Å². The van der Waals surface area contributed by atoms with Gasteiger partial charge in [0.2, 0.25) is 0 Å². The van der Waals surface area contributed by atoms with E-state index in [1.807, 2.05) is 14.8 Å². The Bertz CT molecular complexity index is 160. The second kappa shape index (κ2) is 3.37. The Morgan fingerprint density at radius 3 is 2.73 bits per heavy atom. The van der Waals surface area contributed by atoms with Gasteiger partial charge in [-0.05, 0) is 5.92 Å². The molecule has 1 saturated carbocycles. The van der Waals surface area contributed by atoms with Gasteiger partial charge in [-0.3, -0.25) is 4.79 Å². The number of alkyl halides is 1. The van der Waals surface area contributed by atoms with Crippen LogP contribution in [0, 0.1) is 11.8 Å². The van der Waals surface area contributed by atoms with Crippen LogP contribution in [0.4, 0.5) is 4.39 Å². The van der Waals surface area contributed by atoms with Crippen molar-refractivity contribution < 1.29 is 9.18 Å². The van der Waals surface area contributed by atoms with E-state index in [9.17, 15) is 9.18 Å². The van der Waals surface area contributed by atoms with Gasteiger partial charge >= 0.3 is 0 Å². The molecular weight excluding hydrogens is 142 g/mol. The lowest BCUT2D eigenvalue weighted by atomic mass is 9.87. The zero-order valence-electron chi connectivity index (χ0n) is 7.14. The van der Waals surface area contributed by atoms with Crippen LogP contribution in [0.25, 0.3) is 0 Å². The standard InChI is InChI=1S/C8H14BFO/c1-5-6(2-3-9)8(11)4-7(5)10/h5-7H,2-4,9H2,1H3. The molecule has 1 nitrogen and oxygen atoms in total. The van der Waals surface area contributed by atoms with Gasteiger partial charge in [-0.2, -0.15) is 0 Å². The molecule has 1 aliphatic rings. The van der Waals surface area contributed by atoms with Crippen LogP contribution in [-0.2, 0) is 4.79 Å². The van der Waals surface area contributed by atoms with Crippen molar-refractivity contribution in [1.82, 2.24) is 0 Å². The first-order chi connectivity index (χ1) is 5.16. The minimum atomic E-state index is -0.876. The van der Waals surface area contributed by atoms with E-state index in [0.717, 1.165) is 12.7 Å². The maximum Gasteiger partial charge on any atom is 0.139 e. The number of hydrogen-bond acceptors (Lipinski definition) is 1. The van der Waals surface area contributed by atoms with Gasteiger partial charge in [0, 0.05) is 12.3 Å². The predicted molar refractivity (Wildman–Crippen MR) is 45.1 cm³/mol. The van der Waals surface area contributed by atoms with Crippen molar-refractivity contribution >= 4 is 13.6 Å². The van der Waals surface area contributed by atoms with Crippen molar-refractivity contribution in [1.29, 1.82) is 0 Å². The summed E-state index contributed by atoms with van der Waals surface area (Å²) in [6.07, 6.45) is 1.12. The highest BCUT2D eigenvalue weighted by Gasteiger charge is 2.38. The summed E-state index contributed by atoms with van der Waals surface area (Å²) in [5.41, 5.74) is 0. The quantitative estimate of drug-likeness (QED) is 0.545. The fourth-order valence-corrected chi connectivity index (χ4v) is 1.81. The third kappa shape index (κ3) is 1.63. The molecule has 0 aromatic heterocycles. The van der Waals surface area contributed by atoms with E-state index in [-0.39, 0.29) is 24.0 Å². The monoisotopic (exact) mass is 156 g/mol. The highest BCUT2D eigenvalue weighted by Crippen LogP contribution is 2.33. The summed E-state index contributed by atoms with van der Waals surface area (Å²) in [7, 11) is 2.03. The number of hydrogen-bond donors (Lipinski definition) is 0. The molecule has 0 saturated heterocycles. The average molecular weight is 156 g/mol. The number of ketones is 1. The number of Topliss-reactive ketones (excluding diaryl/α,β-unsaturated/α-hetero) is 1. The Hall–Kier alpha value is -0.335. The van der Waals surface area contributed by atoms with Gasteiger partial charge in [0.05, 0.1) is 0 Å². The van der Waals surface area contributed by atoms with Crippen LogP contribution < -0.4 is 0 Å². The van der Waals surface area contributed by atoms with Gasteiger partial charge in [-0.1, -0.05) is 19.7 Å². The number of carbonyl (C=O) groups is 1. The van der Waals surface area contributed by atoms with Crippen molar-refractivity contribution in [3.05, 3.63) is 0 Å². The first-order valence-corrected chi connectivity index (χ1v) is 4.33. The summed E-state index contributed by atoms with van der Waals surface area (Å²) < 4.78 is 12.9. The highest BCUT2D eigenvalue weighted by atomic mass is 19.1. The maximum absolute atomic E-state index is 12.9. The molecule has 11 heavy (non-hydrogen) atoms. The molecule has 0 amide bonds. The molecule has 3 unspecified atom stereocenters. The Morgan fingerprint density at radius 2 is 2.36 bits per heavy atom. The Kier molecular flexibility index (Phi) is 2.69. The minimum absolute atomic E-state index is 0.00926. The van der Waals surface area contributed by atoms with E-state index >= 15 is 0 Å². The Balaban J connectivity index is 2.56. The molecule has 0 spiro atoms. The maximum atomic E-state index is 12.9. The van der Waals surface area contributed by atoms with Gasteiger partial charge in [0.25, 0.3) is 0 Å². The summed E-state index contributed by atoms with van der Waals surface area (Å²) in [5.74, 6) is 0.101. The molecule has 0 bridgehead atoms. The molecule has 0 radical (unpaired) electrons. The zero-order valence-corrected chi connectivity index (χ0v) is 7.14. The lowest BCUT2D eigenvalue weighted by Gasteiger charge is -2.12. The van der Waals surface area contributed by atoms with Gasteiger partial charge in [-0.15, -0.1) is 0 Å². The van der Waals surface area contributed by atoms with E-state index < -0.39 is 6.17 Å². The summed E-state index contributed by atoms with van der Waals surface area (Å²) in [6.45, 7) is 1.84. The molecular formula is C8H14BFO. The number of carbonyl (C=O) groups excluding carboxylic acids is 1. The van der Waals surface area contributed by atoms with Crippen molar-refractivity contribution in [2.75, 3.05) is 0 Å². The van der Waals surface area contributed by atoms with Crippen LogP contribution in [0.3, 0.4) is 0 Å². The fourth-order valence-electron chi connectivity index (χ4n) is 1.81. The first kappa shape index (κ1) is 8.76. The molecule has 3 heteroatoms. The number of rotatable bonds is 2. The SMILES string of the molecule is BCCC1C(=O)CC(F)C1C. The minimum Gasteiger partial charge on any atom is -0.299 e. The van der Waals surface area contributed by atoms with Gasteiger partial charge < -0.3 is 0 Å². The van der Waals surface area contributed by atoms with Gasteiger partial charge in [0.1, 0.15) is 19.8 Å². The molecule has 1 rings (SSSR count). The molecule has 62 valence electrons. The van der Waals surface area contributed by atoms with Crippen LogP contribution in [0.15, 0.2) is 0 Å². The summed E-state index contributed by atoms with van der Waals surface area (Å²) >= 11 is 0. The molecule has 1 aliphatic carbocycles. The highest BCUT2D eigenvalue weighted by molar-refractivity contribution is 6.08. The fraction of sp³-hybridized carbons (Fsp3) is 0.875. The smallest absolute Gasteiger partial charge is 0.139 e. The third-order valence-corrected chi connectivity index (χ3v) is 2.61. The van der Waals surface area contributed by atoms with Crippen molar-refractivity contribution in [2.45, 2.75) is 32.3 Å². The third-order valence-electron chi connectivity index (χ3n) is 2.61. The van der Waals surface area contributed by atoms with Crippen LogP contribution in [0.2, 0.25) is 6.32 Å². The second-order valence-electron chi connectivity index (χ2n) is 3.44. The van der Waals surface area contributed by atoms with E-state index in [4.69, 9.17) is 0 Å². The molecule has 0 heterocycles. The molecule has 0 aromatic carbocycles. The van der Waals surface area contributed by atoms with Crippen molar-refractivity contribution in [2.24, 2.45) is 11.8 Å². The van der Waals surface area contributed by atoms with Crippen LogP contribution in [0.5, 0.6) is 0 Å². The largest absolute Gasteiger partial charge is 0.299 e. The van der Waals surface area contributed by atoms with E-state index in [1.54, 1.807) is 0 Å². The van der Waals surface area contributed by atoms with E-state index in [0.29, 0.717) is 0 Å². The predicted octanol–water partition coefficient (Wildman–Crippen LogP) is 0.991. The Labute approximate surface area is 67.8 Å². The van der Waals surface area contributed by atoms with Crippen molar-refractivity contribution in [3.63, 3.8) is 0 Å². The summed E-state index contributed by atoms with van der Waals surface area (Å²) in [5, 5.41) is 0. The lowest BCUT2D eigenvalue weighted by Crippen LogP contribution is -2.14. The topological polar surface area (TPSA) is 17.1 Å². The Morgan fingerprint density at radius 1 is 1.73 bits per heavy atom. The van der Waals surface area contributed by atoms with E-state index in [1.165, 1.54) is 0 Å². The zero-order chi connectivity index (χ0) is 8.43. The second-order valence-corrected chi connectivity index (χ2v) is 3.44. The normalized spacial score (nSPS) is 38.0. The summed E-state index contributed by atoms with van der Waals surface area (Å²) in [4.78, 5) is 11.1. The summed E-state index contributed by atoms with van der Waals surface area (Å²) in [6, 6.07) is 0. The molecule has 0 N–H and O–H groups in total. The van der Waals surface area contributed by atoms with Crippen LogP contribution in [0.1, 0.15) is 19.8 Å². The van der Waals surface area contributed by atoms with Crippen LogP contribution in [-0.4, -0.2) is 19.8 Å². The molecule has 3 atom stereocenters. The lowest BCUT2D eigenvalue weighted by molar-refractivity contribution is -0.121. The molecule has 1 fully saturated rings.